The summed E-state index contributed by atoms with van der Waals surface area (Å²) in [5.74, 6) is -0.391. The van der Waals surface area contributed by atoms with Crippen molar-refractivity contribution in [1.29, 1.82) is 0 Å². The second-order valence-corrected chi connectivity index (χ2v) is 4.61. The van der Waals surface area contributed by atoms with E-state index in [0.717, 1.165) is 0 Å². The van der Waals surface area contributed by atoms with Gasteiger partial charge >= 0.3 is 11.8 Å². The summed E-state index contributed by atoms with van der Waals surface area (Å²) < 4.78 is 10.5. The van der Waals surface area contributed by atoms with Crippen molar-refractivity contribution in [2.45, 2.75) is 0 Å². The second kappa shape index (κ2) is 8.55. The summed E-state index contributed by atoms with van der Waals surface area (Å²) in [6.07, 6.45) is 0. The van der Waals surface area contributed by atoms with Gasteiger partial charge < -0.3 is 20.1 Å². The quantitative estimate of drug-likeness (QED) is 0.633. The van der Waals surface area contributed by atoms with E-state index in [1.54, 1.807) is 36.4 Å². The first-order chi connectivity index (χ1) is 11.2. The Labute approximate surface area is 134 Å². The van der Waals surface area contributed by atoms with Gasteiger partial charge in [0, 0.05) is 13.7 Å². The van der Waals surface area contributed by atoms with Gasteiger partial charge in [-0.05, 0) is 24.3 Å². The van der Waals surface area contributed by atoms with Gasteiger partial charge in [-0.2, -0.15) is 0 Å². The van der Waals surface area contributed by atoms with Gasteiger partial charge in [-0.3, -0.25) is 9.59 Å². The van der Waals surface area contributed by atoms with Crippen molar-refractivity contribution in [2.24, 2.45) is 0 Å². The lowest BCUT2D eigenvalue weighted by molar-refractivity contribution is -0.136. The summed E-state index contributed by atoms with van der Waals surface area (Å²) >= 11 is 0. The minimum Gasteiger partial charge on any atom is -0.455 e. The molecule has 2 aromatic rings. The third-order valence-corrected chi connectivity index (χ3v) is 2.90. The smallest absolute Gasteiger partial charge is 0.313 e. The van der Waals surface area contributed by atoms with Crippen LogP contribution < -0.4 is 15.4 Å². The highest BCUT2D eigenvalue weighted by atomic mass is 16.5. The van der Waals surface area contributed by atoms with E-state index in [1.165, 1.54) is 7.11 Å². The number of nitrogens with one attached hydrogen (secondary N) is 2. The molecule has 0 aliphatic rings. The average molecular weight is 314 g/mol. The molecule has 0 fully saturated rings. The van der Waals surface area contributed by atoms with Crippen LogP contribution in [0.15, 0.2) is 54.6 Å². The first kappa shape index (κ1) is 16.5. The molecule has 0 bridgehead atoms. The summed E-state index contributed by atoms with van der Waals surface area (Å²) in [6, 6.07) is 16.1. The van der Waals surface area contributed by atoms with Crippen molar-refractivity contribution in [3.05, 3.63) is 54.6 Å². The van der Waals surface area contributed by atoms with E-state index in [0.29, 0.717) is 23.8 Å². The number of carbonyl (C=O) groups excluding carboxylic acids is 2. The Morgan fingerprint density at radius 3 is 2.39 bits per heavy atom. The van der Waals surface area contributed by atoms with Crippen LogP contribution in [0.1, 0.15) is 0 Å². The van der Waals surface area contributed by atoms with Gasteiger partial charge in [0.05, 0.1) is 12.3 Å². The molecule has 0 aromatic heterocycles. The fraction of sp³-hybridized carbons (Fsp3) is 0.176. The molecule has 23 heavy (non-hydrogen) atoms. The topological polar surface area (TPSA) is 76.7 Å². The van der Waals surface area contributed by atoms with Gasteiger partial charge in [-0.25, -0.2) is 0 Å². The van der Waals surface area contributed by atoms with E-state index in [-0.39, 0.29) is 6.54 Å². The fourth-order valence-electron chi connectivity index (χ4n) is 1.80. The van der Waals surface area contributed by atoms with Crippen molar-refractivity contribution in [1.82, 2.24) is 5.32 Å². The predicted octanol–water partition coefficient (Wildman–Crippen LogP) is 2.18. The molecule has 0 aliphatic heterocycles. The van der Waals surface area contributed by atoms with Crippen LogP contribution in [0, 0.1) is 0 Å². The van der Waals surface area contributed by atoms with Crippen LogP contribution in [-0.4, -0.2) is 32.1 Å². The zero-order valence-corrected chi connectivity index (χ0v) is 12.7. The van der Waals surface area contributed by atoms with Gasteiger partial charge in [0.25, 0.3) is 0 Å². The standard InChI is InChI=1S/C17H18N2O4/c1-22-12-11-18-16(20)17(21)19-14-9-5-6-10-15(14)23-13-7-3-2-4-8-13/h2-10H,11-12H2,1H3,(H,18,20)(H,19,21). The predicted molar refractivity (Wildman–Crippen MR) is 86.5 cm³/mol. The van der Waals surface area contributed by atoms with Gasteiger partial charge in [0.15, 0.2) is 5.75 Å². The largest absolute Gasteiger partial charge is 0.455 e. The van der Waals surface area contributed by atoms with Crippen molar-refractivity contribution in [2.75, 3.05) is 25.6 Å². The number of hydrogen-bond donors (Lipinski definition) is 2. The van der Waals surface area contributed by atoms with Gasteiger partial charge in [0.2, 0.25) is 0 Å². The maximum atomic E-state index is 11.9. The van der Waals surface area contributed by atoms with E-state index in [2.05, 4.69) is 10.6 Å². The molecular weight excluding hydrogens is 296 g/mol. The minimum absolute atomic E-state index is 0.269. The molecule has 2 rings (SSSR count). The highest BCUT2D eigenvalue weighted by Gasteiger charge is 2.15. The van der Waals surface area contributed by atoms with Crippen LogP contribution in [0.3, 0.4) is 0 Å². The van der Waals surface area contributed by atoms with Crippen LogP contribution in [0.5, 0.6) is 11.5 Å². The van der Waals surface area contributed by atoms with E-state index < -0.39 is 11.8 Å². The summed E-state index contributed by atoms with van der Waals surface area (Å²) in [6.45, 7) is 0.609. The summed E-state index contributed by atoms with van der Waals surface area (Å²) in [4.78, 5) is 23.6. The Balaban J connectivity index is 2.02. The van der Waals surface area contributed by atoms with E-state index in [4.69, 9.17) is 9.47 Å². The zero-order chi connectivity index (χ0) is 16.5. The number of methoxy groups -OCH3 is 1. The highest BCUT2D eigenvalue weighted by Crippen LogP contribution is 2.28. The number of benzene rings is 2. The second-order valence-electron chi connectivity index (χ2n) is 4.61. The molecule has 6 heteroatoms. The Morgan fingerprint density at radius 1 is 0.957 bits per heavy atom. The van der Waals surface area contributed by atoms with E-state index >= 15 is 0 Å². The molecule has 0 saturated heterocycles. The lowest BCUT2D eigenvalue weighted by atomic mass is 10.2. The SMILES string of the molecule is COCCNC(=O)C(=O)Nc1ccccc1Oc1ccccc1. The first-order valence-electron chi connectivity index (χ1n) is 7.11. The number of carbonyl (C=O) groups is 2. The monoisotopic (exact) mass is 314 g/mol. The molecular formula is C17H18N2O4. The van der Waals surface area contributed by atoms with Crippen molar-refractivity contribution < 1.29 is 19.1 Å². The number of anilines is 1. The molecule has 2 aromatic carbocycles. The number of ether oxygens (including phenoxy) is 2. The van der Waals surface area contributed by atoms with Crippen LogP contribution in [-0.2, 0) is 14.3 Å². The average Bonchev–Trinajstić information content (AvgIpc) is 2.57. The maximum absolute atomic E-state index is 11.9. The van der Waals surface area contributed by atoms with Gasteiger partial charge in [-0.1, -0.05) is 30.3 Å². The number of rotatable bonds is 6. The molecule has 6 nitrogen and oxygen atoms in total. The van der Waals surface area contributed by atoms with Gasteiger partial charge in [-0.15, -0.1) is 0 Å². The molecule has 0 aliphatic carbocycles. The molecule has 120 valence electrons. The van der Waals surface area contributed by atoms with Gasteiger partial charge in [0.1, 0.15) is 5.75 Å². The molecule has 0 unspecified atom stereocenters. The molecule has 0 radical (unpaired) electrons. The molecule has 0 spiro atoms. The maximum Gasteiger partial charge on any atom is 0.313 e. The molecule has 2 amide bonds. The molecule has 2 N–H and O–H groups in total. The van der Waals surface area contributed by atoms with Crippen molar-refractivity contribution in [3.8, 4) is 11.5 Å². The van der Waals surface area contributed by atoms with Crippen molar-refractivity contribution >= 4 is 17.5 Å². The summed E-state index contributed by atoms with van der Waals surface area (Å²) in [5.41, 5.74) is 0.420. The highest BCUT2D eigenvalue weighted by molar-refractivity contribution is 6.39. The Morgan fingerprint density at radius 2 is 1.65 bits per heavy atom. The third-order valence-electron chi connectivity index (χ3n) is 2.90. The van der Waals surface area contributed by atoms with Crippen LogP contribution >= 0.6 is 0 Å². The van der Waals surface area contributed by atoms with Crippen LogP contribution in [0.25, 0.3) is 0 Å². The molecule has 0 heterocycles. The molecule has 0 atom stereocenters. The molecule has 0 saturated carbocycles. The minimum atomic E-state index is -0.759. The van der Waals surface area contributed by atoms with E-state index in [9.17, 15) is 9.59 Å². The Hall–Kier alpha value is -2.86. The zero-order valence-electron chi connectivity index (χ0n) is 12.7. The summed E-state index contributed by atoms with van der Waals surface area (Å²) in [5, 5.41) is 5.00. The number of hydrogen-bond acceptors (Lipinski definition) is 4. The Kier molecular flexibility index (Phi) is 6.14. The van der Waals surface area contributed by atoms with E-state index in [1.807, 2.05) is 18.2 Å². The van der Waals surface area contributed by atoms with Crippen LogP contribution in [0.2, 0.25) is 0 Å². The first-order valence-corrected chi connectivity index (χ1v) is 7.11. The number of amides is 2. The summed E-state index contributed by atoms with van der Waals surface area (Å²) in [7, 11) is 1.52. The fourth-order valence-corrected chi connectivity index (χ4v) is 1.80. The number of para-hydroxylation sites is 3. The van der Waals surface area contributed by atoms with Crippen molar-refractivity contribution in [3.63, 3.8) is 0 Å². The lowest BCUT2D eigenvalue weighted by Crippen LogP contribution is -2.37. The Bertz CT molecular complexity index is 659. The van der Waals surface area contributed by atoms with Crippen LogP contribution in [0.4, 0.5) is 5.69 Å². The normalized spacial score (nSPS) is 9.96. The third kappa shape index (κ3) is 5.12. The lowest BCUT2D eigenvalue weighted by Gasteiger charge is -2.12.